The van der Waals surface area contributed by atoms with Crippen LogP contribution in [0.3, 0.4) is 0 Å². The zero-order chi connectivity index (χ0) is 14.5. The molecule has 1 aliphatic rings. The molecule has 1 aromatic rings. The van der Waals surface area contributed by atoms with Crippen molar-refractivity contribution < 1.29 is 14.7 Å². The lowest BCUT2D eigenvalue weighted by molar-refractivity contribution is -0.141. The first-order valence-electron chi connectivity index (χ1n) is 6.81. The number of amides is 1. The van der Waals surface area contributed by atoms with Gasteiger partial charge in [0.2, 0.25) is 5.91 Å². The molecule has 1 aliphatic carbocycles. The predicted molar refractivity (Wildman–Crippen MR) is 76.6 cm³/mol. The molecule has 0 spiro atoms. The molecular formula is C15H18ClNO3. The van der Waals surface area contributed by atoms with Gasteiger partial charge in [-0.25, -0.2) is 0 Å². The molecule has 1 amide bonds. The molecule has 0 bridgehead atoms. The monoisotopic (exact) mass is 295 g/mol. The van der Waals surface area contributed by atoms with Crippen LogP contribution in [0.5, 0.6) is 0 Å². The van der Waals surface area contributed by atoms with Gasteiger partial charge < -0.3 is 10.4 Å². The molecule has 0 heterocycles. The SMILES string of the molecule is O=C(O)C1CCC(C(=O)NCCc2cccc(Cl)c2)C1. The van der Waals surface area contributed by atoms with Crippen molar-refractivity contribution in [1.29, 1.82) is 0 Å². The first-order chi connectivity index (χ1) is 9.56. The summed E-state index contributed by atoms with van der Waals surface area (Å²) >= 11 is 5.89. The van der Waals surface area contributed by atoms with Crippen LogP contribution in [0.25, 0.3) is 0 Å². The van der Waals surface area contributed by atoms with Gasteiger partial charge in [0.15, 0.2) is 0 Å². The van der Waals surface area contributed by atoms with Gasteiger partial charge in [-0.15, -0.1) is 0 Å². The Hall–Kier alpha value is -1.55. The Morgan fingerprint density at radius 1 is 1.30 bits per heavy atom. The van der Waals surface area contributed by atoms with Crippen molar-refractivity contribution in [2.24, 2.45) is 11.8 Å². The Labute approximate surface area is 123 Å². The summed E-state index contributed by atoms with van der Waals surface area (Å²) in [6.07, 6.45) is 2.45. The maximum atomic E-state index is 11.9. The van der Waals surface area contributed by atoms with E-state index < -0.39 is 5.97 Å². The van der Waals surface area contributed by atoms with Crippen LogP contribution >= 0.6 is 11.6 Å². The minimum absolute atomic E-state index is 0.0317. The summed E-state index contributed by atoms with van der Waals surface area (Å²) in [5, 5.41) is 12.5. The third-order valence-corrected chi connectivity index (χ3v) is 3.99. The highest BCUT2D eigenvalue weighted by molar-refractivity contribution is 6.30. The molecule has 2 atom stereocenters. The molecule has 0 aliphatic heterocycles. The van der Waals surface area contributed by atoms with Gasteiger partial charge in [-0.05, 0) is 43.4 Å². The molecule has 20 heavy (non-hydrogen) atoms. The van der Waals surface area contributed by atoms with Crippen molar-refractivity contribution in [1.82, 2.24) is 5.32 Å². The highest BCUT2D eigenvalue weighted by Crippen LogP contribution is 2.31. The maximum Gasteiger partial charge on any atom is 0.306 e. The first-order valence-corrected chi connectivity index (χ1v) is 7.19. The molecule has 2 N–H and O–H groups in total. The largest absolute Gasteiger partial charge is 0.481 e. The summed E-state index contributed by atoms with van der Waals surface area (Å²) in [7, 11) is 0. The summed E-state index contributed by atoms with van der Waals surface area (Å²) in [4.78, 5) is 22.8. The van der Waals surface area contributed by atoms with Crippen LogP contribution in [-0.4, -0.2) is 23.5 Å². The topological polar surface area (TPSA) is 66.4 Å². The average molecular weight is 296 g/mol. The van der Waals surface area contributed by atoms with E-state index in [2.05, 4.69) is 5.32 Å². The zero-order valence-corrected chi connectivity index (χ0v) is 11.9. The van der Waals surface area contributed by atoms with E-state index in [1.54, 1.807) is 0 Å². The van der Waals surface area contributed by atoms with E-state index in [1.807, 2.05) is 24.3 Å². The van der Waals surface area contributed by atoms with E-state index in [0.717, 1.165) is 12.0 Å². The lowest BCUT2D eigenvalue weighted by Crippen LogP contribution is -2.31. The van der Waals surface area contributed by atoms with Crippen molar-refractivity contribution in [2.45, 2.75) is 25.7 Å². The van der Waals surface area contributed by atoms with Crippen LogP contribution in [0.2, 0.25) is 5.02 Å². The fourth-order valence-corrected chi connectivity index (χ4v) is 2.82. The maximum absolute atomic E-state index is 11.9. The smallest absolute Gasteiger partial charge is 0.306 e. The number of carbonyl (C=O) groups excluding carboxylic acids is 1. The summed E-state index contributed by atoms with van der Waals surface area (Å²) < 4.78 is 0. The molecule has 0 saturated heterocycles. The Bertz CT molecular complexity index is 504. The van der Waals surface area contributed by atoms with E-state index in [-0.39, 0.29) is 17.7 Å². The Morgan fingerprint density at radius 2 is 2.05 bits per heavy atom. The number of benzene rings is 1. The fourth-order valence-electron chi connectivity index (χ4n) is 2.61. The predicted octanol–water partition coefficient (Wildman–Crippen LogP) is 2.50. The van der Waals surface area contributed by atoms with Crippen molar-refractivity contribution in [3.8, 4) is 0 Å². The van der Waals surface area contributed by atoms with Gasteiger partial charge in [0.05, 0.1) is 5.92 Å². The molecule has 1 aromatic carbocycles. The number of carboxylic acid groups (broad SMARTS) is 1. The van der Waals surface area contributed by atoms with Crippen LogP contribution < -0.4 is 5.32 Å². The van der Waals surface area contributed by atoms with E-state index in [1.165, 1.54) is 0 Å². The minimum atomic E-state index is -0.792. The molecule has 2 rings (SSSR count). The molecule has 5 heteroatoms. The standard InChI is InChI=1S/C15H18ClNO3/c16-13-3-1-2-10(8-13)6-7-17-14(18)11-4-5-12(9-11)15(19)20/h1-3,8,11-12H,4-7,9H2,(H,17,18)(H,19,20). The van der Waals surface area contributed by atoms with Gasteiger partial charge in [0, 0.05) is 17.5 Å². The van der Waals surface area contributed by atoms with Gasteiger partial charge in [-0.1, -0.05) is 23.7 Å². The molecule has 1 fully saturated rings. The summed E-state index contributed by atoms with van der Waals surface area (Å²) in [5.74, 6) is -1.34. The molecule has 1 saturated carbocycles. The molecule has 4 nitrogen and oxygen atoms in total. The third kappa shape index (κ3) is 3.97. The number of halogens is 1. The summed E-state index contributed by atoms with van der Waals surface area (Å²) in [6.45, 7) is 0.549. The van der Waals surface area contributed by atoms with E-state index >= 15 is 0 Å². The Morgan fingerprint density at radius 3 is 2.70 bits per heavy atom. The van der Waals surface area contributed by atoms with Crippen molar-refractivity contribution in [3.05, 3.63) is 34.9 Å². The van der Waals surface area contributed by atoms with Crippen LogP contribution in [0.1, 0.15) is 24.8 Å². The molecular weight excluding hydrogens is 278 g/mol. The van der Waals surface area contributed by atoms with Gasteiger partial charge in [0.25, 0.3) is 0 Å². The number of rotatable bonds is 5. The number of carbonyl (C=O) groups is 2. The minimum Gasteiger partial charge on any atom is -0.481 e. The summed E-state index contributed by atoms with van der Waals surface area (Å²) in [5.41, 5.74) is 1.08. The Kier molecular flexibility index (Phi) is 5.01. The second kappa shape index (κ2) is 6.75. The summed E-state index contributed by atoms with van der Waals surface area (Å²) in [6, 6.07) is 7.54. The van der Waals surface area contributed by atoms with Crippen LogP contribution in [0.4, 0.5) is 0 Å². The number of hydrogen-bond donors (Lipinski definition) is 2. The molecule has 0 aromatic heterocycles. The van der Waals surface area contributed by atoms with Crippen molar-refractivity contribution >= 4 is 23.5 Å². The molecule has 108 valence electrons. The quantitative estimate of drug-likeness (QED) is 0.877. The van der Waals surface area contributed by atoms with Crippen molar-refractivity contribution in [3.63, 3.8) is 0 Å². The van der Waals surface area contributed by atoms with E-state index in [0.29, 0.717) is 30.8 Å². The lowest BCUT2D eigenvalue weighted by atomic mass is 10.0. The zero-order valence-electron chi connectivity index (χ0n) is 11.1. The molecule has 0 radical (unpaired) electrons. The van der Waals surface area contributed by atoms with Crippen molar-refractivity contribution in [2.75, 3.05) is 6.54 Å². The first kappa shape index (κ1) is 14.9. The van der Waals surface area contributed by atoms with Crippen LogP contribution in [0, 0.1) is 11.8 Å². The lowest BCUT2D eigenvalue weighted by Gasteiger charge is -2.10. The van der Waals surface area contributed by atoms with E-state index in [4.69, 9.17) is 16.7 Å². The molecule has 2 unspecified atom stereocenters. The number of carboxylic acids is 1. The average Bonchev–Trinajstić information content (AvgIpc) is 2.88. The Balaban J connectivity index is 1.75. The van der Waals surface area contributed by atoms with Gasteiger partial charge in [-0.3, -0.25) is 9.59 Å². The van der Waals surface area contributed by atoms with Gasteiger partial charge in [0.1, 0.15) is 0 Å². The second-order valence-electron chi connectivity index (χ2n) is 5.22. The third-order valence-electron chi connectivity index (χ3n) is 3.75. The number of nitrogens with one attached hydrogen (secondary N) is 1. The number of aliphatic carboxylic acids is 1. The number of hydrogen-bond acceptors (Lipinski definition) is 2. The van der Waals surface area contributed by atoms with Gasteiger partial charge >= 0.3 is 5.97 Å². The van der Waals surface area contributed by atoms with Gasteiger partial charge in [-0.2, -0.15) is 0 Å². The normalized spacial score (nSPS) is 21.6. The fraction of sp³-hybridized carbons (Fsp3) is 0.467. The van der Waals surface area contributed by atoms with E-state index in [9.17, 15) is 9.59 Å². The highest BCUT2D eigenvalue weighted by Gasteiger charge is 2.33. The second-order valence-corrected chi connectivity index (χ2v) is 5.65. The van der Waals surface area contributed by atoms with Crippen LogP contribution in [-0.2, 0) is 16.0 Å². The van der Waals surface area contributed by atoms with Crippen LogP contribution in [0.15, 0.2) is 24.3 Å². The highest BCUT2D eigenvalue weighted by atomic mass is 35.5.